The van der Waals surface area contributed by atoms with Gasteiger partial charge in [-0.15, -0.1) is 0 Å². The van der Waals surface area contributed by atoms with Crippen LogP contribution in [0.15, 0.2) is 66.7 Å². The highest BCUT2D eigenvalue weighted by Crippen LogP contribution is 2.11. The minimum atomic E-state index is -0.263. The predicted molar refractivity (Wildman–Crippen MR) is 128 cm³/mol. The monoisotopic (exact) mass is 408 g/mol. The molecule has 0 bridgehead atoms. The second-order valence-electron chi connectivity index (χ2n) is 7.75. The molecule has 0 aliphatic carbocycles. The van der Waals surface area contributed by atoms with Crippen LogP contribution in [-0.4, -0.2) is 0 Å². The standard InChI is InChI=1S/C30H29F/c1-3-5-6-7-8-25-9-11-26(12-10-25)13-14-27-15-17-28(18-16-27)20-22-29-21-19-24(4-2)23-30(29)31/h9-12,15-19,21,23H,3-8H2,1-2H3. The molecule has 0 N–H and O–H groups in total. The Kier molecular flexibility index (Phi) is 8.51. The van der Waals surface area contributed by atoms with Gasteiger partial charge in [0.2, 0.25) is 0 Å². The van der Waals surface area contributed by atoms with Crippen LogP contribution in [0, 0.1) is 29.5 Å². The van der Waals surface area contributed by atoms with Crippen LogP contribution < -0.4 is 0 Å². The van der Waals surface area contributed by atoms with E-state index in [1.165, 1.54) is 31.2 Å². The van der Waals surface area contributed by atoms with Crippen LogP contribution in [-0.2, 0) is 12.8 Å². The Hall–Kier alpha value is -3.29. The van der Waals surface area contributed by atoms with E-state index in [4.69, 9.17) is 0 Å². The second-order valence-corrected chi connectivity index (χ2v) is 7.75. The first-order valence-electron chi connectivity index (χ1n) is 11.2. The molecular weight excluding hydrogens is 379 g/mol. The number of unbranched alkanes of at least 4 members (excludes halogenated alkanes) is 3. The largest absolute Gasteiger partial charge is 0.206 e. The van der Waals surface area contributed by atoms with Gasteiger partial charge in [-0.25, -0.2) is 4.39 Å². The molecule has 0 saturated carbocycles. The van der Waals surface area contributed by atoms with Crippen molar-refractivity contribution < 1.29 is 4.39 Å². The van der Waals surface area contributed by atoms with Gasteiger partial charge in [0.25, 0.3) is 0 Å². The highest BCUT2D eigenvalue weighted by Gasteiger charge is 2.00. The fraction of sp³-hybridized carbons (Fsp3) is 0.267. The molecule has 3 rings (SSSR count). The van der Waals surface area contributed by atoms with Crippen LogP contribution in [0.2, 0.25) is 0 Å². The minimum absolute atomic E-state index is 0.263. The number of hydrogen-bond acceptors (Lipinski definition) is 0. The summed E-state index contributed by atoms with van der Waals surface area (Å²) in [5.41, 5.74) is 5.59. The van der Waals surface area contributed by atoms with Gasteiger partial charge in [-0.1, -0.05) is 75.0 Å². The molecule has 0 nitrogen and oxygen atoms in total. The molecule has 0 aliphatic rings. The molecule has 0 amide bonds. The maximum absolute atomic E-state index is 14.1. The van der Waals surface area contributed by atoms with Crippen molar-refractivity contribution in [2.24, 2.45) is 0 Å². The van der Waals surface area contributed by atoms with Crippen molar-refractivity contribution >= 4 is 0 Å². The zero-order valence-corrected chi connectivity index (χ0v) is 18.5. The summed E-state index contributed by atoms with van der Waals surface area (Å²) >= 11 is 0. The Morgan fingerprint density at radius 2 is 1.16 bits per heavy atom. The zero-order valence-electron chi connectivity index (χ0n) is 18.5. The quantitative estimate of drug-likeness (QED) is 0.296. The fourth-order valence-electron chi connectivity index (χ4n) is 3.31. The van der Waals surface area contributed by atoms with Gasteiger partial charge in [0, 0.05) is 16.7 Å². The molecule has 156 valence electrons. The molecular formula is C30H29F. The van der Waals surface area contributed by atoms with E-state index in [1.54, 1.807) is 12.1 Å². The van der Waals surface area contributed by atoms with Gasteiger partial charge in [0.05, 0.1) is 5.56 Å². The average molecular weight is 409 g/mol. The van der Waals surface area contributed by atoms with E-state index in [1.807, 2.05) is 37.3 Å². The number of hydrogen-bond donors (Lipinski definition) is 0. The van der Waals surface area contributed by atoms with Crippen molar-refractivity contribution in [2.75, 3.05) is 0 Å². The summed E-state index contributed by atoms with van der Waals surface area (Å²) < 4.78 is 14.1. The lowest BCUT2D eigenvalue weighted by atomic mass is 10.0. The van der Waals surface area contributed by atoms with E-state index in [-0.39, 0.29) is 5.82 Å². The first-order valence-corrected chi connectivity index (χ1v) is 11.2. The maximum Gasteiger partial charge on any atom is 0.139 e. The molecule has 31 heavy (non-hydrogen) atoms. The van der Waals surface area contributed by atoms with Gasteiger partial charge < -0.3 is 0 Å². The number of rotatable bonds is 6. The Bertz CT molecular complexity index is 1100. The lowest BCUT2D eigenvalue weighted by Gasteiger charge is -2.01. The first kappa shape index (κ1) is 22.4. The molecule has 0 radical (unpaired) electrons. The van der Waals surface area contributed by atoms with Crippen LogP contribution >= 0.6 is 0 Å². The van der Waals surface area contributed by atoms with E-state index < -0.39 is 0 Å². The summed E-state index contributed by atoms with van der Waals surface area (Å²) in [4.78, 5) is 0. The normalized spacial score (nSPS) is 10.0. The molecule has 0 atom stereocenters. The zero-order chi connectivity index (χ0) is 21.9. The van der Waals surface area contributed by atoms with Crippen molar-refractivity contribution in [3.05, 3.63) is 106 Å². The summed E-state index contributed by atoms with van der Waals surface area (Å²) in [7, 11) is 0. The van der Waals surface area contributed by atoms with Crippen LogP contribution in [0.3, 0.4) is 0 Å². The van der Waals surface area contributed by atoms with Gasteiger partial charge >= 0.3 is 0 Å². The van der Waals surface area contributed by atoms with Crippen molar-refractivity contribution in [1.29, 1.82) is 0 Å². The van der Waals surface area contributed by atoms with Crippen LogP contribution in [0.25, 0.3) is 0 Å². The third-order valence-corrected chi connectivity index (χ3v) is 5.29. The van der Waals surface area contributed by atoms with Gasteiger partial charge in [0.15, 0.2) is 0 Å². The summed E-state index contributed by atoms with van der Waals surface area (Å²) in [6.07, 6.45) is 7.10. The summed E-state index contributed by atoms with van der Waals surface area (Å²) in [6, 6.07) is 21.5. The van der Waals surface area contributed by atoms with Crippen LogP contribution in [0.5, 0.6) is 0 Å². The Morgan fingerprint density at radius 3 is 1.71 bits per heavy atom. The van der Waals surface area contributed by atoms with E-state index in [0.717, 1.165) is 35.1 Å². The van der Waals surface area contributed by atoms with E-state index in [2.05, 4.69) is 54.9 Å². The molecule has 0 unspecified atom stereocenters. The molecule has 0 heterocycles. The van der Waals surface area contributed by atoms with Gasteiger partial charge in [-0.05, 0) is 78.9 Å². The van der Waals surface area contributed by atoms with Crippen molar-refractivity contribution in [2.45, 2.75) is 52.4 Å². The predicted octanol–water partition coefficient (Wildman–Crippen LogP) is 7.31. The van der Waals surface area contributed by atoms with Gasteiger partial charge in [-0.3, -0.25) is 0 Å². The molecule has 1 heteroatoms. The third-order valence-electron chi connectivity index (χ3n) is 5.29. The van der Waals surface area contributed by atoms with Crippen molar-refractivity contribution in [3.8, 4) is 23.7 Å². The highest BCUT2D eigenvalue weighted by molar-refractivity contribution is 5.48. The molecule has 0 spiro atoms. The van der Waals surface area contributed by atoms with E-state index in [0.29, 0.717) is 5.56 Å². The van der Waals surface area contributed by atoms with Crippen LogP contribution in [0.1, 0.15) is 72.9 Å². The second kappa shape index (κ2) is 11.8. The Labute approximate surface area is 186 Å². The van der Waals surface area contributed by atoms with Crippen molar-refractivity contribution in [3.63, 3.8) is 0 Å². The summed E-state index contributed by atoms with van der Waals surface area (Å²) in [6.45, 7) is 4.25. The number of benzene rings is 3. The number of aryl methyl sites for hydroxylation is 2. The van der Waals surface area contributed by atoms with Crippen LogP contribution in [0.4, 0.5) is 4.39 Å². The average Bonchev–Trinajstić information content (AvgIpc) is 2.81. The molecule has 0 aromatic heterocycles. The lowest BCUT2D eigenvalue weighted by Crippen LogP contribution is -1.87. The Morgan fingerprint density at radius 1 is 0.613 bits per heavy atom. The third kappa shape index (κ3) is 7.16. The molecule has 0 saturated heterocycles. The lowest BCUT2D eigenvalue weighted by molar-refractivity contribution is 0.622. The fourth-order valence-corrected chi connectivity index (χ4v) is 3.31. The van der Waals surface area contributed by atoms with Gasteiger partial charge in [-0.2, -0.15) is 0 Å². The minimum Gasteiger partial charge on any atom is -0.206 e. The van der Waals surface area contributed by atoms with Gasteiger partial charge in [0.1, 0.15) is 5.82 Å². The maximum atomic E-state index is 14.1. The van der Waals surface area contributed by atoms with Crippen molar-refractivity contribution in [1.82, 2.24) is 0 Å². The summed E-state index contributed by atoms with van der Waals surface area (Å²) in [5, 5.41) is 0. The number of halogens is 1. The smallest absolute Gasteiger partial charge is 0.139 e. The first-order chi connectivity index (χ1) is 15.2. The molecule has 0 aliphatic heterocycles. The van der Waals surface area contributed by atoms with E-state index in [9.17, 15) is 4.39 Å². The topological polar surface area (TPSA) is 0 Å². The van der Waals surface area contributed by atoms with E-state index >= 15 is 0 Å². The Balaban J connectivity index is 1.60. The SMILES string of the molecule is CCCCCCc1ccc(C#Cc2ccc(C#Cc3ccc(CC)cc3F)cc2)cc1. The summed E-state index contributed by atoms with van der Waals surface area (Å²) in [5.74, 6) is 12.1. The molecule has 3 aromatic rings. The highest BCUT2D eigenvalue weighted by atomic mass is 19.1. The molecule has 3 aromatic carbocycles. The molecule has 0 fully saturated rings.